The van der Waals surface area contributed by atoms with Crippen LogP contribution in [0.1, 0.15) is 77.9 Å². The highest BCUT2D eigenvalue weighted by molar-refractivity contribution is 6.18. The maximum absolute atomic E-state index is 8.03. The lowest BCUT2D eigenvalue weighted by Crippen LogP contribution is -2.32. The predicted molar refractivity (Wildman–Crippen MR) is 568 cm³/mol. The number of benzene rings is 21. The average Bonchev–Trinajstić information content (AvgIpc) is 1.52. The molecule has 3 spiro atoms. The molecule has 1 atom stereocenters. The van der Waals surface area contributed by atoms with Crippen molar-refractivity contribution in [2.75, 3.05) is 0 Å². The predicted octanol–water partition coefficient (Wildman–Crippen LogP) is 32.8. The van der Waals surface area contributed by atoms with Crippen molar-refractivity contribution >= 4 is 98.3 Å². The Bertz CT molecular complexity index is 9960. The average molecular weight is 1800 g/mol. The molecule has 0 bridgehead atoms. The van der Waals surface area contributed by atoms with Crippen molar-refractivity contribution in [3.63, 3.8) is 0 Å². The molecule has 0 amide bonds. The van der Waals surface area contributed by atoms with Crippen LogP contribution in [0.5, 0.6) is 34.5 Å². The Morgan fingerprint density at radius 3 is 1.23 bits per heavy atom. The fourth-order valence-corrected chi connectivity index (χ4v) is 26.2. The van der Waals surface area contributed by atoms with Gasteiger partial charge in [-0.1, -0.05) is 352 Å². The number of rotatable bonds is 8. The van der Waals surface area contributed by atoms with Crippen molar-refractivity contribution < 1.29 is 18.6 Å². The Morgan fingerprint density at radius 1 is 0.227 bits per heavy atom. The largest absolute Gasteiger partial charge is 0.456 e. The van der Waals surface area contributed by atoms with Crippen molar-refractivity contribution in [1.29, 1.82) is 0 Å². The van der Waals surface area contributed by atoms with E-state index in [9.17, 15) is 0 Å². The van der Waals surface area contributed by atoms with Gasteiger partial charge in [-0.3, -0.25) is 4.57 Å². The minimum absolute atomic E-state index is 0.515. The highest BCUT2D eigenvalue weighted by Crippen LogP contribution is 2.69. The van der Waals surface area contributed by atoms with Gasteiger partial charge in [0, 0.05) is 71.9 Å². The van der Waals surface area contributed by atoms with E-state index in [0.717, 1.165) is 211 Å². The Labute approximate surface area is 809 Å². The first-order valence-electron chi connectivity index (χ1n) is 48.6. The molecule has 3 aliphatic heterocycles. The van der Waals surface area contributed by atoms with Gasteiger partial charge >= 0.3 is 0 Å². The summed E-state index contributed by atoms with van der Waals surface area (Å²) in [6.07, 6.45) is 0.631. The zero-order chi connectivity index (χ0) is 91.8. The van der Waals surface area contributed by atoms with Crippen LogP contribution >= 0.6 is 0 Å². The van der Waals surface area contributed by atoms with Crippen LogP contribution in [0.25, 0.3) is 182 Å². The summed E-state index contributed by atoms with van der Waals surface area (Å²) in [7, 11) is 0. The number of hydrogen-bond donors (Lipinski definition) is 0. The van der Waals surface area contributed by atoms with E-state index >= 15 is 0 Å². The smallest absolute Gasteiger partial charge is 0.236 e. The van der Waals surface area contributed by atoms with Crippen molar-refractivity contribution in [3.8, 4) is 119 Å². The van der Waals surface area contributed by atoms with E-state index in [1.165, 1.54) is 66.4 Å². The first kappa shape index (κ1) is 76.8. The summed E-state index contributed by atoms with van der Waals surface area (Å²) >= 11 is 0. The number of para-hydroxylation sites is 5. The molecule has 6 aliphatic rings. The second-order valence-corrected chi connectivity index (χ2v) is 38.6. The molecule has 21 aromatic carbocycles. The minimum Gasteiger partial charge on any atom is -0.456 e. The molecule has 0 radical (unpaired) electrons. The van der Waals surface area contributed by atoms with Crippen LogP contribution in [0, 0.1) is 0 Å². The molecule has 0 saturated heterocycles. The number of furan rings is 1. The highest BCUT2D eigenvalue weighted by Gasteiger charge is 2.56. The van der Waals surface area contributed by atoms with Gasteiger partial charge in [-0.05, 0) is 220 Å². The number of fused-ring (bicyclic) bond motifs is 43. The Balaban J connectivity index is 0.576. The number of nitrogens with zero attached hydrogens (tertiary/aromatic N) is 5. The van der Waals surface area contributed by atoms with Crippen LogP contribution in [0.2, 0.25) is 0 Å². The van der Waals surface area contributed by atoms with Gasteiger partial charge in [-0.15, -0.1) is 0 Å². The molecule has 0 saturated carbocycles. The van der Waals surface area contributed by atoms with Crippen molar-refractivity contribution in [2.24, 2.45) is 0 Å². The Hall–Kier alpha value is -18.4. The molecule has 1 unspecified atom stereocenters. The molecule has 0 fully saturated rings. The molecule has 26 aromatic rings. The Morgan fingerprint density at radius 2 is 0.624 bits per heavy atom. The number of hydrogen-bond acceptors (Lipinski definition) is 6. The van der Waals surface area contributed by atoms with E-state index < -0.39 is 16.2 Å². The van der Waals surface area contributed by atoms with Gasteiger partial charge < -0.3 is 27.8 Å². The van der Waals surface area contributed by atoms with Crippen molar-refractivity contribution in [1.82, 2.24) is 23.7 Å². The molecule has 9 nitrogen and oxygen atoms in total. The number of aromatic nitrogens is 5. The first-order chi connectivity index (χ1) is 69.9. The monoisotopic (exact) mass is 1800 g/mol. The minimum atomic E-state index is -0.908. The van der Waals surface area contributed by atoms with Crippen LogP contribution in [0.3, 0.4) is 0 Å². The van der Waals surface area contributed by atoms with Crippen molar-refractivity contribution in [2.45, 2.75) is 22.7 Å². The first-order valence-corrected chi connectivity index (χ1v) is 48.6. The van der Waals surface area contributed by atoms with E-state index in [1.807, 2.05) is 12.1 Å². The molecular formula is C132H77N5O4. The molecule has 654 valence electrons. The fraction of sp³-hybridized carbons (Fsp3) is 0.0303. The zero-order valence-electron chi connectivity index (χ0n) is 75.9. The van der Waals surface area contributed by atoms with E-state index in [1.54, 1.807) is 0 Å². The van der Waals surface area contributed by atoms with Gasteiger partial charge in [0.05, 0.1) is 65.5 Å². The maximum Gasteiger partial charge on any atom is 0.236 e. The third-order valence-corrected chi connectivity index (χ3v) is 31.9. The van der Waals surface area contributed by atoms with Crippen LogP contribution in [-0.2, 0) is 22.7 Å². The second-order valence-electron chi connectivity index (χ2n) is 38.6. The van der Waals surface area contributed by atoms with Gasteiger partial charge in [-0.2, -0.15) is 0 Å². The van der Waals surface area contributed by atoms with E-state index in [4.69, 9.17) is 28.6 Å². The van der Waals surface area contributed by atoms with Gasteiger partial charge in [0.2, 0.25) is 5.95 Å². The molecule has 8 heterocycles. The lowest BCUT2D eigenvalue weighted by atomic mass is 9.65. The summed E-state index contributed by atoms with van der Waals surface area (Å²) in [6.45, 7) is 0. The standard InChI is InChI=1S/C132H77N5O4/c1-2-26-79(27-3-1)81-53-55-82(56-54-81)123-128-124(95-37-13-23-47-116(95)138-128)134-129(133-123)137-111-46-22-12-36-94(111)121-115(137)71-67-108-126(121)141-119-73-78(72-77-50-60-86(61-51-77)135-110-45-21-11-35-93(110)120-113(135)69-65-107-125(120)139-117-48-24-19-43-104(117)130(107)98-38-14-6-30-88(98)89-31-7-15-39-99(89)130)52-63-106(119)132(108)102-42-18-10-34-92(102)96-75-84(58-64-103(96)132)85-59-68-112-97(76-85)122-114(136(112)87-62-57-80-28-4-5-29-83(80)74-87)70-66-109-127(122)140-118-49-25-20-44-105(118)131(109)100-40-16-8-32-90(100)91-33-9-17-41-101(91)131/h1-71,73-76H,72H2. The maximum atomic E-state index is 8.03. The summed E-state index contributed by atoms with van der Waals surface area (Å²) in [6, 6.07) is 168. The third-order valence-electron chi connectivity index (χ3n) is 31.9. The number of ether oxygens (including phenoxy) is 3. The molecule has 5 aromatic heterocycles. The zero-order valence-corrected chi connectivity index (χ0v) is 75.9. The van der Waals surface area contributed by atoms with Gasteiger partial charge in [0.25, 0.3) is 0 Å². The molecule has 9 heteroatoms. The van der Waals surface area contributed by atoms with Crippen LogP contribution in [0.15, 0.2) is 459 Å². The van der Waals surface area contributed by atoms with Crippen LogP contribution < -0.4 is 14.2 Å². The lowest BCUT2D eigenvalue weighted by Gasteiger charge is -2.40. The third kappa shape index (κ3) is 10.2. The van der Waals surface area contributed by atoms with Gasteiger partial charge in [0.15, 0.2) is 5.58 Å². The molecule has 0 N–H and O–H groups in total. The van der Waals surface area contributed by atoms with E-state index in [0.29, 0.717) is 23.6 Å². The normalized spacial score (nSPS) is 14.7. The molecule has 3 aliphatic carbocycles. The molecule has 32 rings (SSSR count). The summed E-state index contributed by atoms with van der Waals surface area (Å²) in [5, 5.41) is 9.61. The van der Waals surface area contributed by atoms with E-state index in [-0.39, 0.29) is 0 Å². The second kappa shape index (κ2) is 28.4. The SMILES string of the molecule is c1ccc(-c2ccc(-c3nc(-n4c5ccccc5c5c6c(ccc54)C4(c5ccc(Cc7ccc(-n8c9ccccc9c9c%10c(ccc98)C8(c9ccccc9O%10)c9ccccc9-c9ccccc98)cc7)cc5O6)c5ccccc5-c5cc(-c6ccc7c(c6)c6c8c(ccc6n7-c6ccc7ccccc7c6)C6(c7ccccc7O8)c7ccccc7-c7ccccc76)ccc54)nc4c3oc3ccccc34)cc2)cc1. The topological polar surface area (TPSA) is 81.4 Å². The van der Waals surface area contributed by atoms with E-state index in [2.05, 4.69) is 457 Å². The lowest BCUT2D eigenvalue weighted by molar-refractivity contribution is 0.441. The summed E-state index contributed by atoms with van der Waals surface area (Å²) in [5.74, 6) is 5.55. The fourth-order valence-electron chi connectivity index (χ4n) is 26.2. The Kier molecular flexibility index (Phi) is 15.5. The summed E-state index contributed by atoms with van der Waals surface area (Å²) in [5.41, 5.74) is 37.9. The highest BCUT2D eigenvalue weighted by atomic mass is 16.5. The van der Waals surface area contributed by atoms with Crippen LogP contribution in [-0.4, -0.2) is 23.7 Å². The van der Waals surface area contributed by atoms with Crippen LogP contribution in [0.4, 0.5) is 0 Å². The van der Waals surface area contributed by atoms with Crippen molar-refractivity contribution in [3.05, 3.63) is 533 Å². The van der Waals surface area contributed by atoms with Gasteiger partial charge in [0.1, 0.15) is 51.3 Å². The molecule has 141 heavy (non-hydrogen) atoms. The quantitative estimate of drug-likeness (QED) is 0.151. The van der Waals surface area contributed by atoms with Gasteiger partial charge in [-0.25, -0.2) is 9.97 Å². The summed E-state index contributed by atoms with van der Waals surface area (Å²) in [4.78, 5) is 11.3. The molecular weight excluding hydrogens is 1720 g/mol. The summed E-state index contributed by atoms with van der Waals surface area (Å²) < 4.78 is 37.0.